The molecule has 0 spiro atoms. The van der Waals surface area contributed by atoms with Gasteiger partial charge in [-0.15, -0.1) is 0 Å². The van der Waals surface area contributed by atoms with E-state index >= 15 is 0 Å². The van der Waals surface area contributed by atoms with Crippen molar-refractivity contribution in [2.75, 3.05) is 0 Å². The van der Waals surface area contributed by atoms with E-state index in [0.717, 1.165) is 11.3 Å². The first-order valence-electron chi connectivity index (χ1n) is 7.51. The normalized spacial score (nSPS) is 10.7. The van der Waals surface area contributed by atoms with Crippen LogP contribution in [0.4, 0.5) is 4.39 Å². The summed E-state index contributed by atoms with van der Waals surface area (Å²) >= 11 is 5.84. The number of aromatic amines is 1. The molecule has 0 saturated carbocycles. The summed E-state index contributed by atoms with van der Waals surface area (Å²) in [7, 11) is 0. The molecule has 128 valence electrons. The Morgan fingerprint density at radius 1 is 1.24 bits per heavy atom. The summed E-state index contributed by atoms with van der Waals surface area (Å²) in [6.07, 6.45) is 1.64. The first kappa shape index (κ1) is 17.0. The van der Waals surface area contributed by atoms with Crippen LogP contribution in [0.2, 0.25) is 5.15 Å². The van der Waals surface area contributed by atoms with Crippen LogP contribution >= 0.6 is 11.6 Å². The van der Waals surface area contributed by atoms with Crippen LogP contribution in [0.5, 0.6) is 0 Å². The van der Waals surface area contributed by atoms with E-state index < -0.39 is 5.91 Å². The van der Waals surface area contributed by atoms with Gasteiger partial charge < -0.3 is 5.32 Å². The molecule has 3 aromatic rings. The van der Waals surface area contributed by atoms with Crippen LogP contribution in [0.15, 0.2) is 30.5 Å². The van der Waals surface area contributed by atoms with Gasteiger partial charge in [0, 0.05) is 23.9 Å². The van der Waals surface area contributed by atoms with E-state index in [0.29, 0.717) is 17.0 Å². The topological polar surface area (TPSA) is 83.6 Å². The minimum absolute atomic E-state index is 0.154. The zero-order valence-electron chi connectivity index (χ0n) is 13.6. The Hall–Kier alpha value is -2.80. The highest BCUT2D eigenvalue weighted by molar-refractivity contribution is 6.29. The summed E-state index contributed by atoms with van der Waals surface area (Å²) < 4.78 is 13.9. The molecule has 1 aromatic carbocycles. The van der Waals surface area contributed by atoms with E-state index in [1.54, 1.807) is 19.2 Å². The number of nitrogens with one attached hydrogen (secondary N) is 2. The zero-order chi connectivity index (χ0) is 18.0. The van der Waals surface area contributed by atoms with Crippen LogP contribution in [0.3, 0.4) is 0 Å². The quantitative estimate of drug-likeness (QED) is 0.701. The van der Waals surface area contributed by atoms with Crippen molar-refractivity contribution in [3.8, 4) is 11.1 Å². The highest BCUT2D eigenvalue weighted by Crippen LogP contribution is 2.24. The molecular formula is C17H15ClFN5O. The van der Waals surface area contributed by atoms with Gasteiger partial charge in [0.25, 0.3) is 5.91 Å². The Bertz CT molecular complexity index is 920. The molecule has 1 amide bonds. The maximum Gasteiger partial charge on any atom is 0.270 e. The van der Waals surface area contributed by atoms with Crippen molar-refractivity contribution in [2.45, 2.75) is 20.4 Å². The minimum atomic E-state index is -0.405. The molecule has 2 heterocycles. The fourth-order valence-corrected chi connectivity index (χ4v) is 2.70. The van der Waals surface area contributed by atoms with Gasteiger partial charge in [-0.3, -0.25) is 9.89 Å². The standard InChI is InChI=1S/C17H15ClFN5O/c1-9-14(8-21-24-9)12-3-11(4-13(19)5-12)7-20-17(25)15-6-16(18)23-10(2)22-15/h3-6,8H,7H2,1-2H3,(H,20,25)(H,21,24). The SMILES string of the molecule is Cc1nc(Cl)cc(C(=O)NCc2cc(F)cc(-c3cn[nH]c3C)c2)n1. The van der Waals surface area contributed by atoms with Crippen molar-refractivity contribution in [3.63, 3.8) is 0 Å². The molecule has 25 heavy (non-hydrogen) atoms. The first-order valence-corrected chi connectivity index (χ1v) is 7.89. The van der Waals surface area contributed by atoms with Crippen molar-refractivity contribution in [1.29, 1.82) is 0 Å². The van der Waals surface area contributed by atoms with Gasteiger partial charge in [-0.25, -0.2) is 14.4 Å². The number of aromatic nitrogens is 4. The molecular weight excluding hydrogens is 345 g/mol. The maximum atomic E-state index is 13.9. The van der Waals surface area contributed by atoms with E-state index in [1.807, 2.05) is 6.92 Å². The Morgan fingerprint density at radius 3 is 2.72 bits per heavy atom. The zero-order valence-corrected chi connectivity index (χ0v) is 14.4. The third kappa shape index (κ3) is 4.00. The largest absolute Gasteiger partial charge is 0.347 e. The van der Waals surface area contributed by atoms with Gasteiger partial charge in [-0.05, 0) is 43.2 Å². The number of hydrogen-bond donors (Lipinski definition) is 2. The lowest BCUT2D eigenvalue weighted by molar-refractivity contribution is 0.0945. The smallest absolute Gasteiger partial charge is 0.270 e. The summed E-state index contributed by atoms with van der Waals surface area (Å²) in [5, 5.41) is 9.66. The number of rotatable bonds is 4. The van der Waals surface area contributed by atoms with Crippen LogP contribution in [-0.4, -0.2) is 26.1 Å². The Morgan fingerprint density at radius 2 is 2.04 bits per heavy atom. The van der Waals surface area contributed by atoms with Crippen molar-refractivity contribution >= 4 is 17.5 Å². The minimum Gasteiger partial charge on any atom is -0.347 e. The monoisotopic (exact) mass is 359 g/mol. The van der Waals surface area contributed by atoms with Gasteiger partial charge in [-0.1, -0.05) is 11.6 Å². The van der Waals surface area contributed by atoms with Crippen molar-refractivity contribution < 1.29 is 9.18 Å². The molecule has 0 atom stereocenters. The van der Waals surface area contributed by atoms with Crippen LogP contribution in [0, 0.1) is 19.7 Å². The average Bonchev–Trinajstić information content (AvgIpc) is 2.97. The molecule has 6 nitrogen and oxygen atoms in total. The lowest BCUT2D eigenvalue weighted by Gasteiger charge is -2.08. The van der Waals surface area contributed by atoms with E-state index in [-0.39, 0.29) is 23.2 Å². The third-order valence-electron chi connectivity index (χ3n) is 3.59. The molecule has 0 unspecified atom stereocenters. The number of benzene rings is 1. The summed E-state index contributed by atoms with van der Waals surface area (Å²) in [6, 6.07) is 5.99. The second kappa shape index (κ2) is 6.98. The van der Waals surface area contributed by atoms with Crippen LogP contribution in [0.1, 0.15) is 27.6 Å². The number of H-pyrrole nitrogens is 1. The van der Waals surface area contributed by atoms with E-state index in [2.05, 4.69) is 25.5 Å². The Labute approximate surface area is 148 Å². The van der Waals surface area contributed by atoms with Gasteiger partial charge >= 0.3 is 0 Å². The molecule has 3 rings (SSSR count). The van der Waals surface area contributed by atoms with Crippen molar-refractivity contribution in [3.05, 3.63) is 64.2 Å². The summed E-state index contributed by atoms with van der Waals surface area (Å²) in [6.45, 7) is 3.66. The second-order valence-electron chi connectivity index (χ2n) is 5.56. The van der Waals surface area contributed by atoms with Gasteiger partial charge in [0.05, 0.1) is 6.20 Å². The molecule has 0 saturated heterocycles. The van der Waals surface area contributed by atoms with E-state index in [9.17, 15) is 9.18 Å². The van der Waals surface area contributed by atoms with E-state index in [4.69, 9.17) is 11.6 Å². The molecule has 0 bridgehead atoms. The van der Waals surface area contributed by atoms with E-state index in [1.165, 1.54) is 18.2 Å². The molecule has 8 heteroatoms. The van der Waals surface area contributed by atoms with Crippen molar-refractivity contribution in [2.24, 2.45) is 0 Å². The highest BCUT2D eigenvalue weighted by atomic mass is 35.5. The summed E-state index contributed by atoms with van der Waals surface area (Å²) in [5.74, 6) is -0.387. The van der Waals surface area contributed by atoms with Crippen molar-refractivity contribution in [1.82, 2.24) is 25.5 Å². The number of hydrogen-bond acceptors (Lipinski definition) is 4. The molecule has 2 aromatic heterocycles. The number of halogens is 2. The molecule has 2 N–H and O–H groups in total. The predicted octanol–water partition coefficient (Wildman–Crippen LogP) is 3.21. The number of carbonyl (C=O) groups excluding carboxylic acids is 1. The lowest BCUT2D eigenvalue weighted by atomic mass is 10.0. The molecule has 0 aliphatic carbocycles. The van der Waals surface area contributed by atoms with Gasteiger partial charge in [0.2, 0.25) is 0 Å². The maximum absolute atomic E-state index is 13.9. The number of nitrogens with zero attached hydrogens (tertiary/aromatic N) is 3. The fourth-order valence-electron chi connectivity index (χ4n) is 2.47. The highest BCUT2D eigenvalue weighted by Gasteiger charge is 2.11. The summed E-state index contributed by atoms with van der Waals surface area (Å²) in [4.78, 5) is 20.2. The summed E-state index contributed by atoms with van der Waals surface area (Å²) in [5.41, 5.74) is 3.13. The lowest BCUT2D eigenvalue weighted by Crippen LogP contribution is -2.24. The Kier molecular flexibility index (Phi) is 4.76. The number of aryl methyl sites for hydroxylation is 2. The second-order valence-corrected chi connectivity index (χ2v) is 5.95. The predicted molar refractivity (Wildman–Crippen MR) is 91.7 cm³/mol. The van der Waals surface area contributed by atoms with Crippen LogP contribution in [0.25, 0.3) is 11.1 Å². The molecule has 0 fully saturated rings. The molecule has 0 radical (unpaired) electrons. The van der Waals surface area contributed by atoms with Crippen LogP contribution < -0.4 is 5.32 Å². The first-order chi connectivity index (χ1) is 11.9. The molecule has 0 aliphatic heterocycles. The number of carbonyl (C=O) groups is 1. The van der Waals surface area contributed by atoms with Gasteiger partial charge in [0.15, 0.2) is 0 Å². The Balaban J connectivity index is 1.78. The fraction of sp³-hybridized carbons (Fsp3) is 0.176. The number of amides is 1. The third-order valence-corrected chi connectivity index (χ3v) is 3.78. The average molecular weight is 360 g/mol. The van der Waals surface area contributed by atoms with Gasteiger partial charge in [0.1, 0.15) is 22.5 Å². The molecule has 0 aliphatic rings. The van der Waals surface area contributed by atoms with Gasteiger partial charge in [-0.2, -0.15) is 5.10 Å². The van der Waals surface area contributed by atoms with Crippen LogP contribution in [-0.2, 0) is 6.54 Å².